The second kappa shape index (κ2) is 8.86. The Hall–Kier alpha value is -2.80. The highest BCUT2D eigenvalue weighted by Gasteiger charge is 2.37. The molecule has 0 aliphatic heterocycles. The van der Waals surface area contributed by atoms with Crippen LogP contribution >= 0.6 is 0 Å². The summed E-state index contributed by atoms with van der Waals surface area (Å²) >= 11 is 0. The molecular weight excluding hydrogens is 478 g/mol. The van der Waals surface area contributed by atoms with E-state index in [0.29, 0.717) is 12.1 Å². The summed E-state index contributed by atoms with van der Waals surface area (Å²) in [4.78, 5) is 12.1. The quantitative estimate of drug-likeness (QED) is 0.565. The van der Waals surface area contributed by atoms with Gasteiger partial charge in [0.25, 0.3) is 5.91 Å². The Morgan fingerprint density at radius 2 is 1.39 bits per heavy atom. The highest BCUT2D eigenvalue weighted by Crippen LogP contribution is 2.37. The summed E-state index contributed by atoms with van der Waals surface area (Å²) in [5, 5.41) is 1.95. The van der Waals surface area contributed by atoms with E-state index in [2.05, 4.69) is 4.72 Å². The van der Waals surface area contributed by atoms with Crippen LogP contribution in [0.1, 0.15) is 42.3 Å². The summed E-state index contributed by atoms with van der Waals surface area (Å²) in [5.41, 5.74) is -5.22. The Balaban J connectivity index is 2.50. The van der Waals surface area contributed by atoms with Crippen molar-refractivity contribution < 1.29 is 44.3 Å². The SMILES string of the molecule is COc1ccc(C(=O)Nc2cc(C(F)(F)F)cc(C(F)(F)F)c2)cc1S(=O)(=O)NC(C)(C)C. The molecule has 0 bridgehead atoms. The van der Waals surface area contributed by atoms with Gasteiger partial charge in [-0.05, 0) is 57.2 Å². The molecule has 0 saturated carbocycles. The first-order chi connectivity index (χ1) is 14.8. The number of rotatable bonds is 5. The minimum atomic E-state index is -5.10. The molecule has 0 fully saturated rings. The largest absolute Gasteiger partial charge is 0.495 e. The molecular formula is C20H20F6N2O4S. The number of sulfonamides is 1. The molecule has 182 valence electrons. The van der Waals surface area contributed by atoms with Crippen molar-refractivity contribution in [2.45, 2.75) is 43.6 Å². The molecule has 13 heteroatoms. The molecule has 0 aliphatic carbocycles. The number of halogens is 6. The van der Waals surface area contributed by atoms with Crippen LogP contribution in [0, 0.1) is 0 Å². The second-order valence-corrected chi connectivity index (χ2v) is 9.62. The van der Waals surface area contributed by atoms with E-state index in [1.54, 1.807) is 20.8 Å². The minimum Gasteiger partial charge on any atom is -0.495 e. The number of carbonyl (C=O) groups excluding carboxylic acids is 1. The number of ether oxygens (including phenoxy) is 1. The fourth-order valence-corrected chi connectivity index (χ4v) is 4.33. The molecule has 0 heterocycles. The predicted octanol–water partition coefficient (Wildman–Crippen LogP) is 5.06. The van der Waals surface area contributed by atoms with Crippen LogP contribution in [0.15, 0.2) is 41.3 Å². The summed E-state index contributed by atoms with van der Waals surface area (Å²) in [6, 6.07) is 3.76. The van der Waals surface area contributed by atoms with Gasteiger partial charge in [0.2, 0.25) is 10.0 Å². The van der Waals surface area contributed by atoms with E-state index in [9.17, 15) is 39.6 Å². The molecule has 33 heavy (non-hydrogen) atoms. The van der Waals surface area contributed by atoms with Gasteiger partial charge < -0.3 is 10.1 Å². The number of benzene rings is 2. The molecule has 0 radical (unpaired) electrons. The number of methoxy groups -OCH3 is 1. The lowest BCUT2D eigenvalue weighted by atomic mass is 10.1. The monoisotopic (exact) mass is 498 g/mol. The van der Waals surface area contributed by atoms with Crippen LogP contribution in [0.25, 0.3) is 0 Å². The smallest absolute Gasteiger partial charge is 0.416 e. The zero-order chi connectivity index (χ0) is 25.4. The summed E-state index contributed by atoms with van der Waals surface area (Å²) in [6.07, 6.45) is -10.2. The Labute approximate surface area is 186 Å². The standard InChI is InChI=1S/C20H20F6N2O4S/c1-18(2,3)28-33(30,31)16-7-11(5-6-15(16)32-4)17(29)27-14-9-12(19(21,22)23)8-13(10-14)20(24,25)26/h5-10,28H,1-4H3,(H,27,29). The second-order valence-electron chi connectivity index (χ2n) is 7.97. The van der Waals surface area contributed by atoms with Crippen molar-refractivity contribution in [1.29, 1.82) is 0 Å². The molecule has 0 aromatic heterocycles. The molecule has 0 spiro atoms. The zero-order valence-electron chi connectivity index (χ0n) is 17.8. The van der Waals surface area contributed by atoms with Crippen molar-refractivity contribution in [2.24, 2.45) is 0 Å². The lowest BCUT2D eigenvalue weighted by molar-refractivity contribution is -0.143. The number of alkyl halides is 6. The van der Waals surface area contributed by atoms with Gasteiger partial charge in [-0.1, -0.05) is 0 Å². The van der Waals surface area contributed by atoms with E-state index in [4.69, 9.17) is 4.74 Å². The van der Waals surface area contributed by atoms with Gasteiger partial charge in [-0.15, -0.1) is 0 Å². The average Bonchev–Trinajstić information content (AvgIpc) is 2.64. The van der Waals surface area contributed by atoms with Crippen LogP contribution in [0.5, 0.6) is 5.75 Å². The van der Waals surface area contributed by atoms with Gasteiger partial charge in [0, 0.05) is 16.8 Å². The molecule has 1 amide bonds. The van der Waals surface area contributed by atoms with Crippen LogP contribution in [0.3, 0.4) is 0 Å². The fourth-order valence-electron chi connectivity index (χ4n) is 2.72. The Morgan fingerprint density at radius 3 is 1.82 bits per heavy atom. The minimum absolute atomic E-state index is 0.0775. The number of carbonyl (C=O) groups is 1. The Kier molecular flexibility index (Phi) is 7.10. The van der Waals surface area contributed by atoms with Crippen molar-refractivity contribution in [1.82, 2.24) is 4.72 Å². The van der Waals surface area contributed by atoms with E-state index in [1.165, 1.54) is 7.11 Å². The van der Waals surface area contributed by atoms with Gasteiger partial charge in [-0.2, -0.15) is 26.3 Å². The van der Waals surface area contributed by atoms with Gasteiger partial charge in [0.15, 0.2) is 0 Å². The highest BCUT2D eigenvalue weighted by atomic mass is 32.2. The van der Waals surface area contributed by atoms with Crippen LogP contribution in [-0.4, -0.2) is 27.0 Å². The van der Waals surface area contributed by atoms with Crippen LogP contribution in [-0.2, 0) is 22.4 Å². The molecule has 0 unspecified atom stereocenters. The van der Waals surface area contributed by atoms with E-state index < -0.39 is 55.5 Å². The molecule has 2 aromatic carbocycles. The van der Waals surface area contributed by atoms with Crippen molar-refractivity contribution in [3.05, 3.63) is 53.1 Å². The topological polar surface area (TPSA) is 84.5 Å². The fraction of sp³-hybridized carbons (Fsp3) is 0.350. The third kappa shape index (κ3) is 6.84. The molecule has 2 N–H and O–H groups in total. The maximum Gasteiger partial charge on any atom is 0.416 e. The summed E-state index contributed by atoms with van der Waals surface area (Å²) in [5.74, 6) is -1.25. The molecule has 0 aliphatic rings. The van der Waals surface area contributed by atoms with Crippen molar-refractivity contribution in [3.8, 4) is 5.75 Å². The van der Waals surface area contributed by atoms with Gasteiger partial charge in [0.1, 0.15) is 10.6 Å². The average molecular weight is 498 g/mol. The number of nitrogens with one attached hydrogen (secondary N) is 2. The maximum absolute atomic E-state index is 13.0. The van der Waals surface area contributed by atoms with Crippen LogP contribution < -0.4 is 14.8 Å². The Morgan fingerprint density at radius 1 is 0.879 bits per heavy atom. The normalized spacial score (nSPS) is 13.0. The van der Waals surface area contributed by atoms with Gasteiger partial charge in [0.05, 0.1) is 18.2 Å². The first-order valence-electron chi connectivity index (χ1n) is 9.16. The van der Waals surface area contributed by atoms with Gasteiger partial charge in [-0.3, -0.25) is 4.79 Å². The van der Waals surface area contributed by atoms with E-state index in [-0.39, 0.29) is 17.4 Å². The third-order valence-electron chi connectivity index (χ3n) is 4.00. The Bertz CT molecular complexity index is 1120. The van der Waals surface area contributed by atoms with Crippen molar-refractivity contribution in [3.63, 3.8) is 0 Å². The molecule has 2 aromatic rings. The van der Waals surface area contributed by atoms with Crippen molar-refractivity contribution >= 4 is 21.6 Å². The van der Waals surface area contributed by atoms with Gasteiger partial charge >= 0.3 is 12.4 Å². The summed E-state index contributed by atoms with van der Waals surface area (Å²) < 4.78 is 111. The van der Waals surface area contributed by atoms with E-state index in [1.807, 2.05) is 5.32 Å². The number of hydrogen-bond donors (Lipinski definition) is 2. The predicted molar refractivity (Wildman–Crippen MR) is 107 cm³/mol. The van der Waals surface area contributed by atoms with Crippen molar-refractivity contribution in [2.75, 3.05) is 12.4 Å². The van der Waals surface area contributed by atoms with E-state index in [0.717, 1.165) is 18.2 Å². The molecule has 6 nitrogen and oxygen atoms in total. The summed E-state index contributed by atoms with van der Waals surface area (Å²) in [6.45, 7) is 4.71. The maximum atomic E-state index is 13.0. The van der Waals surface area contributed by atoms with Crippen LogP contribution in [0.2, 0.25) is 0 Å². The first-order valence-corrected chi connectivity index (χ1v) is 10.6. The molecule has 0 atom stereocenters. The lowest BCUT2D eigenvalue weighted by Crippen LogP contribution is -2.40. The number of hydrogen-bond acceptors (Lipinski definition) is 4. The third-order valence-corrected chi connectivity index (χ3v) is 5.78. The van der Waals surface area contributed by atoms with Crippen LogP contribution in [0.4, 0.5) is 32.0 Å². The highest BCUT2D eigenvalue weighted by molar-refractivity contribution is 7.89. The number of anilines is 1. The summed E-state index contributed by atoms with van der Waals surface area (Å²) in [7, 11) is -3.01. The van der Waals surface area contributed by atoms with E-state index >= 15 is 0 Å². The lowest BCUT2D eigenvalue weighted by Gasteiger charge is -2.21. The molecule has 2 rings (SSSR count). The first kappa shape index (κ1) is 26.5. The number of amides is 1. The van der Waals surface area contributed by atoms with Gasteiger partial charge in [-0.25, -0.2) is 13.1 Å². The molecule has 0 saturated heterocycles. The zero-order valence-corrected chi connectivity index (χ0v) is 18.6.